The third kappa shape index (κ3) is 5.09. The van der Waals surface area contributed by atoms with Gasteiger partial charge in [0.2, 0.25) is 0 Å². The lowest BCUT2D eigenvalue weighted by Gasteiger charge is -2.36. The highest BCUT2D eigenvalue weighted by atomic mass is 16.5. The number of hydrogen-bond acceptors (Lipinski definition) is 5. The third-order valence-corrected chi connectivity index (χ3v) is 5.09. The zero-order valence-electron chi connectivity index (χ0n) is 15.9. The van der Waals surface area contributed by atoms with Crippen molar-refractivity contribution in [1.82, 2.24) is 14.7 Å². The van der Waals surface area contributed by atoms with Gasteiger partial charge in [0.15, 0.2) is 0 Å². The molecule has 0 radical (unpaired) electrons. The molecule has 0 unspecified atom stereocenters. The molecule has 0 spiro atoms. The molecular formula is C19H30N4O3. The zero-order chi connectivity index (χ0) is 18.4. The summed E-state index contributed by atoms with van der Waals surface area (Å²) < 4.78 is 10.7. The maximum atomic E-state index is 12.6. The molecule has 1 aromatic rings. The molecule has 7 heteroatoms. The number of piperazine rings is 1. The van der Waals surface area contributed by atoms with Gasteiger partial charge in [0, 0.05) is 52.4 Å². The molecule has 1 aromatic carbocycles. The minimum Gasteiger partial charge on any atom is -0.495 e. The molecule has 2 aliphatic rings. The van der Waals surface area contributed by atoms with Crippen molar-refractivity contribution in [2.24, 2.45) is 0 Å². The van der Waals surface area contributed by atoms with Crippen molar-refractivity contribution in [2.75, 3.05) is 78.0 Å². The molecule has 26 heavy (non-hydrogen) atoms. The summed E-state index contributed by atoms with van der Waals surface area (Å²) in [5, 5.41) is 2.99. The number of anilines is 1. The van der Waals surface area contributed by atoms with E-state index >= 15 is 0 Å². The molecule has 0 atom stereocenters. The quantitative estimate of drug-likeness (QED) is 0.860. The fraction of sp³-hybridized carbons (Fsp3) is 0.632. The van der Waals surface area contributed by atoms with Crippen molar-refractivity contribution in [1.29, 1.82) is 0 Å². The predicted octanol–water partition coefficient (Wildman–Crippen LogP) is 1.49. The zero-order valence-corrected chi connectivity index (χ0v) is 15.9. The highest BCUT2D eigenvalue weighted by molar-refractivity contribution is 5.91. The second-order valence-corrected chi connectivity index (χ2v) is 6.92. The lowest BCUT2D eigenvalue weighted by Crippen LogP contribution is -2.51. The number of ether oxygens (including phenoxy) is 2. The summed E-state index contributed by atoms with van der Waals surface area (Å²) in [7, 11) is 1.62. The fourth-order valence-electron chi connectivity index (χ4n) is 3.40. The van der Waals surface area contributed by atoms with Crippen LogP contribution in [-0.4, -0.2) is 93.4 Å². The van der Waals surface area contributed by atoms with Gasteiger partial charge in [-0.1, -0.05) is 6.07 Å². The summed E-state index contributed by atoms with van der Waals surface area (Å²) in [5.41, 5.74) is 1.82. The number of nitrogens with zero attached hydrogens (tertiary/aromatic N) is 3. The Labute approximate surface area is 155 Å². The van der Waals surface area contributed by atoms with Gasteiger partial charge >= 0.3 is 6.03 Å². The monoisotopic (exact) mass is 362 g/mol. The summed E-state index contributed by atoms with van der Waals surface area (Å²) >= 11 is 0. The lowest BCUT2D eigenvalue weighted by molar-refractivity contribution is 0.0311. The van der Waals surface area contributed by atoms with Crippen molar-refractivity contribution in [3.8, 4) is 5.75 Å². The summed E-state index contributed by atoms with van der Waals surface area (Å²) in [4.78, 5) is 19.3. The summed E-state index contributed by atoms with van der Waals surface area (Å²) in [6.07, 6.45) is 0. The van der Waals surface area contributed by atoms with Crippen LogP contribution in [0.1, 0.15) is 5.56 Å². The Kier molecular flexibility index (Phi) is 6.71. The van der Waals surface area contributed by atoms with E-state index in [0.717, 1.165) is 76.8 Å². The summed E-state index contributed by atoms with van der Waals surface area (Å²) in [6.45, 7) is 11.2. The van der Waals surface area contributed by atoms with Gasteiger partial charge in [-0.05, 0) is 24.6 Å². The highest BCUT2D eigenvalue weighted by Gasteiger charge is 2.22. The topological polar surface area (TPSA) is 57.3 Å². The molecule has 144 valence electrons. The van der Waals surface area contributed by atoms with Crippen LogP contribution in [0.4, 0.5) is 10.5 Å². The predicted molar refractivity (Wildman–Crippen MR) is 102 cm³/mol. The van der Waals surface area contributed by atoms with Gasteiger partial charge in [-0.15, -0.1) is 0 Å². The molecule has 0 aromatic heterocycles. The van der Waals surface area contributed by atoms with E-state index in [0.29, 0.717) is 5.75 Å². The van der Waals surface area contributed by atoms with E-state index in [1.807, 2.05) is 30.0 Å². The van der Waals surface area contributed by atoms with E-state index in [2.05, 4.69) is 15.1 Å². The first kappa shape index (κ1) is 18.9. The number of carbonyl (C=O) groups is 1. The summed E-state index contributed by atoms with van der Waals surface area (Å²) in [5.74, 6) is 0.688. The van der Waals surface area contributed by atoms with Crippen molar-refractivity contribution < 1.29 is 14.3 Å². The van der Waals surface area contributed by atoms with Gasteiger partial charge in [0.05, 0.1) is 26.0 Å². The maximum Gasteiger partial charge on any atom is 0.322 e. The van der Waals surface area contributed by atoms with Crippen LogP contribution in [0.25, 0.3) is 0 Å². The third-order valence-electron chi connectivity index (χ3n) is 5.09. The number of methoxy groups -OCH3 is 1. The van der Waals surface area contributed by atoms with Crippen LogP contribution in [0.2, 0.25) is 0 Å². The summed E-state index contributed by atoms with van der Waals surface area (Å²) in [6, 6.07) is 5.74. The molecule has 0 aliphatic carbocycles. The van der Waals surface area contributed by atoms with E-state index in [1.165, 1.54) is 0 Å². The Hall–Kier alpha value is -1.83. The molecule has 7 nitrogen and oxygen atoms in total. The molecule has 2 amide bonds. The van der Waals surface area contributed by atoms with E-state index in [9.17, 15) is 4.79 Å². The second-order valence-electron chi connectivity index (χ2n) is 6.92. The molecule has 1 N–H and O–H groups in total. The van der Waals surface area contributed by atoms with Gasteiger partial charge in [-0.2, -0.15) is 0 Å². The van der Waals surface area contributed by atoms with Gasteiger partial charge in [0.1, 0.15) is 5.75 Å². The Morgan fingerprint density at radius 2 is 1.73 bits per heavy atom. The number of rotatable bonds is 5. The van der Waals surface area contributed by atoms with Crippen LogP contribution < -0.4 is 10.1 Å². The number of hydrogen-bond donors (Lipinski definition) is 1. The van der Waals surface area contributed by atoms with Crippen molar-refractivity contribution in [3.05, 3.63) is 23.8 Å². The van der Waals surface area contributed by atoms with E-state index in [1.54, 1.807) is 7.11 Å². The number of benzene rings is 1. The van der Waals surface area contributed by atoms with Crippen LogP contribution in [0.15, 0.2) is 18.2 Å². The minimum atomic E-state index is -0.0540. The molecule has 2 saturated heterocycles. The smallest absolute Gasteiger partial charge is 0.322 e. The van der Waals surface area contributed by atoms with E-state index in [-0.39, 0.29) is 6.03 Å². The Morgan fingerprint density at radius 3 is 2.38 bits per heavy atom. The fourth-order valence-corrected chi connectivity index (χ4v) is 3.40. The number of urea groups is 1. The molecule has 0 saturated carbocycles. The van der Waals surface area contributed by atoms with Crippen molar-refractivity contribution in [2.45, 2.75) is 6.92 Å². The number of carbonyl (C=O) groups excluding carboxylic acids is 1. The molecule has 3 rings (SSSR count). The van der Waals surface area contributed by atoms with Crippen LogP contribution >= 0.6 is 0 Å². The van der Waals surface area contributed by atoms with Crippen LogP contribution in [-0.2, 0) is 4.74 Å². The van der Waals surface area contributed by atoms with E-state index in [4.69, 9.17) is 9.47 Å². The lowest BCUT2D eigenvalue weighted by atomic mass is 10.2. The first-order valence-corrected chi connectivity index (χ1v) is 9.39. The molecule has 2 heterocycles. The Bertz CT molecular complexity index is 596. The standard InChI is InChI=1S/C19H30N4O3/c1-16-3-4-18(25-2)17(15-16)20-19(24)23-9-7-21(8-10-23)5-6-22-11-13-26-14-12-22/h3-4,15H,5-14H2,1-2H3,(H,20,24). The number of nitrogens with one attached hydrogen (secondary N) is 1. The Morgan fingerprint density at radius 1 is 1.08 bits per heavy atom. The highest BCUT2D eigenvalue weighted by Crippen LogP contribution is 2.25. The molecular weight excluding hydrogens is 332 g/mol. The van der Waals surface area contributed by atoms with Crippen molar-refractivity contribution in [3.63, 3.8) is 0 Å². The number of amides is 2. The van der Waals surface area contributed by atoms with Crippen LogP contribution in [0, 0.1) is 6.92 Å². The van der Waals surface area contributed by atoms with Gasteiger partial charge in [-0.3, -0.25) is 9.80 Å². The number of aryl methyl sites for hydroxylation is 1. The van der Waals surface area contributed by atoms with Gasteiger partial charge < -0.3 is 19.7 Å². The second kappa shape index (κ2) is 9.21. The van der Waals surface area contributed by atoms with Crippen molar-refractivity contribution >= 4 is 11.7 Å². The van der Waals surface area contributed by atoms with Crippen LogP contribution in [0.3, 0.4) is 0 Å². The van der Waals surface area contributed by atoms with Gasteiger partial charge in [0.25, 0.3) is 0 Å². The average molecular weight is 362 g/mol. The molecule has 0 bridgehead atoms. The van der Waals surface area contributed by atoms with E-state index < -0.39 is 0 Å². The molecule has 2 fully saturated rings. The normalized spacial score (nSPS) is 19.4. The molecule has 2 aliphatic heterocycles. The largest absolute Gasteiger partial charge is 0.495 e. The first-order valence-electron chi connectivity index (χ1n) is 9.39. The maximum absolute atomic E-state index is 12.6. The van der Waals surface area contributed by atoms with Gasteiger partial charge in [-0.25, -0.2) is 4.79 Å². The minimum absolute atomic E-state index is 0.0540. The number of morpholine rings is 1. The first-order chi connectivity index (χ1) is 12.7. The Balaban J connectivity index is 1.44. The average Bonchev–Trinajstić information content (AvgIpc) is 2.68. The SMILES string of the molecule is COc1ccc(C)cc1NC(=O)N1CCN(CCN2CCOCC2)CC1. The van der Waals surface area contributed by atoms with Crippen LogP contribution in [0.5, 0.6) is 5.75 Å².